The summed E-state index contributed by atoms with van der Waals surface area (Å²) in [4.78, 5) is 24.0. The number of nitrogens with one attached hydrogen (secondary N) is 1. The van der Waals surface area contributed by atoms with Crippen LogP contribution in [0.4, 0.5) is 0 Å². The third kappa shape index (κ3) is 3.17. The molecule has 2 rings (SSSR count). The van der Waals surface area contributed by atoms with Crippen LogP contribution in [0.15, 0.2) is 18.2 Å². The highest BCUT2D eigenvalue weighted by molar-refractivity contribution is 6.03. The molecule has 1 heterocycles. The fraction of sp³-hybridized carbons (Fsp3) is 0.467. The minimum absolute atomic E-state index is 0.0265. The third-order valence-corrected chi connectivity index (χ3v) is 3.07. The number of benzene rings is 1. The Hall–Kier alpha value is -1.88. The van der Waals surface area contributed by atoms with Crippen molar-refractivity contribution in [3.8, 4) is 5.75 Å². The van der Waals surface area contributed by atoms with Gasteiger partial charge in [0.15, 0.2) is 5.78 Å². The quantitative estimate of drug-likeness (QED) is 0.878. The first-order valence-corrected chi connectivity index (χ1v) is 6.61. The fourth-order valence-corrected chi connectivity index (χ4v) is 2.14. The number of carbonyl (C=O) groups excluding carboxylic acids is 2. The van der Waals surface area contributed by atoms with Crippen LogP contribution in [-0.4, -0.2) is 35.0 Å². The maximum absolute atomic E-state index is 12.1. The van der Waals surface area contributed by atoms with Gasteiger partial charge in [0.25, 0.3) is 5.91 Å². The maximum atomic E-state index is 12.1. The SMILES string of the molecule is CC(O)CNC(=O)c1ccc2c(c1)C(=O)CC(C)(C)O2. The van der Waals surface area contributed by atoms with Crippen molar-refractivity contribution >= 4 is 11.7 Å². The van der Waals surface area contributed by atoms with Crippen LogP contribution in [0.2, 0.25) is 0 Å². The van der Waals surface area contributed by atoms with E-state index in [9.17, 15) is 9.59 Å². The topological polar surface area (TPSA) is 75.6 Å². The molecule has 0 bridgehead atoms. The Kier molecular flexibility index (Phi) is 3.81. The highest BCUT2D eigenvalue weighted by atomic mass is 16.5. The number of hydrogen-bond acceptors (Lipinski definition) is 4. The van der Waals surface area contributed by atoms with E-state index in [1.54, 1.807) is 25.1 Å². The van der Waals surface area contributed by atoms with Crippen molar-refractivity contribution in [1.82, 2.24) is 5.32 Å². The van der Waals surface area contributed by atoms with Gasteiger partial charge in [0.1, 0.15) is 11.4 Å². The number of Topliss-reactive ketones (excluding diaryl/α,β-unsaturated/α-hetero) is 1. The molecule has 1 aliphatic rings. The van der Waals surface area contributed by atoms with Gasteiger partial charge < -0.3 is 15.2 Å². The average Bonchev–Trinajstić information content (AvgIpc) is 2.34. The van der Waals surface area contributed by atoms with E-state index in [1.807, 2.05) is 13.8 Å². The summed E-state index contributed by atoms with van der Waals surface area (Å²) in [5.74, 6) is 0.172. The van der Waals surface area contributed by atoms with Gasteiger partial charge in [0.2, 0.25) is 0 Å². The first kappa shape index (κ1) is 14.5. The zero-order valence-corrected chi connectivity index (χ0v) is 11.9. The summed E-state index contributed by atoms with van der Waals surface area (Å²) in [7, 11) is 0. The lowest BCUT2D eigenvalue weighted by Crippen LogP contribution is -2.36. The maximum Gasteiger partial charge on any atom is 0.251 e. The number of rotatable bonds is 3. The van der Waals surface area contributed by atoms with E-state index < -0.39 is 11.7 Å². The monoisotopic (exact) mass is 277 g/mol. The van der Waals surface area contributed by atoms with Gasteiger partial charge in [-0.1, -0.05) is 0 Å². The van der Waals surface area contributed by atoms with Crippen LogP contribution in [0, 0.1) is 0 Å². The number of carbonyl (C=O) groups is 2. The lowest BCUT2D eigenvalue weighted by atomic mass is 9.92. The molecule has 1 aromatic carbocycles. The molecule has 1 aliphatic heterocycles. The second-order valence-corrected chi connectivity index (χ2v) is 5.73. The molecule has 1 atom stereocenters. The van der Waals surface area contributed by atoms with Crippen molar-refractivity contribution in [3.63, 3.8) is 0 Å². The molecule has 20 heavy (non-hydrogen) atoms. The van der Waals surface area contributed by atoms with Crippen LogP contribution in [0.3, 0.4) is 0 Å². The fourth-order valence-electron chi connectivity index (χ4n) is 2.14. The zero-order chi connectivity index (χ0) is 14.9. The van der Waals surface area contributed by atoms with Gasteiger partial charge in [0, 0.05) is 12.1 Å². The highest BCUT2D eigenvalue weighted by Crippen LogP contribution is 2.33. The number of ketones is 1. The molecule has 1 amide bonds. The van der Waals surface area contributed by atoms with Crippen LogP contribution in [0.5, 0.6) is 5.75 Å². The van der Waals surface area contributed by atoms with Gasteiger partial charge in [-0.25, -0.2) is 0 Å². The molecule has 2 N–H and O–H groups in total. The lowest BCUT2D eigenvalue weighted by Gasteiger charge is -2.31. The molecule has 0 radical (unpaired) electrons. The summed E-state index contributed by atoms with van der Waals surface area (Å²) in [6.07, 6.45) is -0.319. The van der Waals surface area contributed by atoms with E-state index in [1.165, 1.54) is 0 Å². The summed E-state index contributed by atoms with van der Waals surface area (Å²) in [6, 6.07) is 4.81. The molecule has 0 fully saturated rings. The number of ether oxygens (including phenoxy) is 1. The first-order valence-electron chi connectivity index (χ1n) is 6.61. The van der Waals surface area contributed by atoms with Crippen molar-refractivity contribution in [2.24, 2.45) is 0 Å². The van der Waals surface area contributed by atoms with Gasteiger partial charge in [-0.05, 0) is 39.0 Å². The zero-order valence-electron chi connectivity index (χ0n) is 11.9. The molecular weight excluding hydrogens is 258 g/mol. The number of aliphatic hydroxyl groups is 1. The van der Waals surface area contributed by atoms with E-state index in [0.717, 1.165) is 0 Å². The van der Waals surface area contributed by atoms with Gasteiger partial charge in [0.05, 0.1) is 18.1 Å². The van der Waals surface area contributed by atoms with Crippen LogP contribution in [0.25, 0.3) is 0 Å². The van der Waals surface area contributed by atoms with E-state index in [-0.39, 0.29) is 18.2 Å². The average molecular weight is 277 g/mol. The molecule has 0 aromatic heterocycles. The van der Waals surface area contributed by atoms with Gasteiger partial charge >= 0.3 is 0 Å². The number of hydrogen-bond donors (Lipinski definition) is 2. The minimum atomic E-state index is -0.609. The Morgan fingerprint density at radius 3 is 2.85 bits per heavy atom. The van der Waals surface area contributed by atoms with E-state index in [2.05, 4.69) is 5.32 Å². The third-order valence-electron chi connectivity index (χ3n) is 3.07. The van der Waals surface area contributed by atoms with E-state index in [0.29, 0.717) is 23.3 Å². The molecule has 0 spiro atoms. The predicted octanol–water partition coefficient (Wildman–Crippen LogP) is 1.54. The van der Waals surface area contributed by atoms with Gasteiger partial charge in [-0.3, -0.25) is 9.59 Å². The van der Waals surface area contributed by atoms with Crippen molar-refractivity contribution in [2.75, 3.05) is 6.54 Å². The molecular formula is C15H19NO4. The van der Waals surface area contributed by atoms with E-state index >= 15 is 0 Å². The van der Waals surface area contributed by atoms with Crippen molar-refractivity contribution in [3.05, 3.63) is 29.3 Å². The molecule has 5 heteroatoms. The molecule has 0 saturated carbocycles. The second-order valence-electron chi connectivity index (χ2n) is 5.73. The molecule has 1 unspecified atom stereocenters. The lowest BCUT2D eigenvalue weighted by molar-refractivity contribution is 0.0620. The van der Waals surface area contributed by atoms with E-state index in [4.69, 9.17) is 9.84 Å². The molecule has 0 saturated heterocycles. The van der Waals surface area contributed by atoms with Crippen molar-refractivity contribution < 1.29 is 19.4 Å². The van der Waals surface area contributed by atoms with Crippen LogP contribution < -0.4 is 10.1 Å². The first-order chi connectivity index (χ1) is 9.28. The largest absolute Gasteiger partial charge is 0.487 e. The Balaban J connectivity index is 2.22. The number of amides is 1. The minimum Gasteiger partial charge on any atom is -0.487 e. The summed E-state index contributed by atoms with van der Waals surface area (Å²) in [5.41, 5.74) is 0.315. The smallest absolute Gasteiger partial charge is 0.251 e. The number of aliphatic hydroxyl groups excluding tert-OH is 1. The summed E-state index contributed by atoms with van der Waals surface area (Å²) in [5, 5.41) is 11.7. The van der Waals surface area contributed by atoms with Crippen LogP contribution in [-0.2, 0) is 0 Å². The standard InChI is InChI=1S/C15H19NO4/c1-9(17)8-16-14(19)10-4-5-13-11(6-10)12(18)7-15(2,3)20-13/h4-6,9,17H,7-8H2,1-3H3,(H,16,19). The predicted molar refractivity (Wildman–Crippen MR) is 74.1 cm³/mol. The molecule has 1 aromatic rings. The van der Waals surface area contributed by atoms with Crippen molar-refractivity contribution in [2.45, 2.75) is 38.9 Å². The number of fused-ring (bicyclic) bond motifs is 1. The molecule has 0 aliphatic carbocycles. The highest BCUT2D eigenvalue weighted by Gasteiger charge is 2.32. The van der Waals surface area contributed by atoms with Crippen LogP contribution >= 0.6 is 0 Å². The normalized spacial score (nSPS) is 17.9. The Labute approximate surface area is 117 Å². The molecule has 108 valence electrons. The summed E-state index contributed by atoms with van der Waals surface area (Å²) < 4.78 is 5.73. The van der Waals surface area contributed by atoms with Gasteiger partial charge in [-0.2, -0.15) is 0 Å². The Morgan fingerprint density at radius 1 is 1.50 bits per heavy atom. The Bertz CT molecular complexity index is 549. The van der Waals surface area contributed by atoms with Crippen LogP contribution in [0.1, 0.15) is 47.9 Å². The summed E-state index contributed by atoms with van der Waals surface area (Å²) >= 11 is 0. The van der Waals surface area contributed by atoms with Gasteiger partial charge in [-0.15, -0.1) is 0 Å². The summed E-state index contributed by atoms with van der Waals surface area (Å²) in [6.45, 7) is 5.48. The second kappa shape index (κ2) is 5.25. The van der Waals surface area contributed by atoms with Crippen molar-refractivity contribution in [1.29, 1.82) is 0 Å². The molecule has 5 nitrogen and oxygen atoms in total. The Morgan fingerprint density at radius 2 is 2.20 bits per heavy atom.